The van der Waals surface area contributed by atoms with Crippen LogP contribution in [0.3, 0.4) is 0 Å². The van der Waals surface area contributed by atoms with Crippen molar-refractivity contribution in [3.05, 3.63) is 90.4 Å². The Labute approximate surface area is 224 Å². The van der Waals surface area contributed by atoms with Gasteiger partial charge in [0.15, 0.2) is 11.6 Å². The molecule has 0 unspecified atom stereocenters. The van der Waals surface area contributed by atoms with Crippen LogP contribution < -0.4 is 5.32 Å². The molecule has 3 N–H and O–H groups in total. The Hall–Kier alpha value is -4.37. The standard InChI is InChI=1S/C29H28FN7S/c1-6-18(12-19(7-2)33-17(5)11-16(3)4)26-25(30)24-21(15-32-26)36-37-28(24)29-34-22-14-31-13-20(27(22)35-29)23-9-8-10-38-23/h6-10,12-16,33H,2,5,11H2,1,3-4H3,(H,34,35)(H,36,37)/b18-6+,19-12+. The molecule has 0 spiro atoms. The van der Waals surface area contributed by atoms with Gasteiger partial charge in [-0.3, -0.25) is 15.1 Å². The summed E-state index contributed by atoms with van der Waals surface area (Å²) in [6.07, 6.45) is 11.2. The first-order valence-corrected chi connectivity index (χ1v) is 13.1. The van der Waals surface area contributed by atoms with Gasteiger partial charge in [0.05, 0.1) is 28.8 Å². The molecule has 38 heavy (non-hydrogen) atoms. The summed E-state index contributed by atoms with van der Waals surface area (Å²) >= 11 is 1.61. The molecule has 0 aliphatic rings. The lowest BCUT2D eigenvalue weighted by atomic mass is 10.1. The van der Waals surface area contributed by atoms with E-state index in [1.807, 2.05) is 36.6 Å². The summed E-state index contributed by atoms with van der Waals surface area (Å²) < 4.78 is 16.1. The van der Waals surface area contributed by atoms with Crippen molar-refractivity contribution in [3.8, 4) is 22.0 Å². The number of hydrogen-bond donors (Lipinski definition) is 3. The average molecular weight is 526 g/mol. The summed E-state index contributed by atoms with van der Waals surface area (Å²) in [4.78, 5) is 17.9. The van der Waals surface area contributed by atoms with Gasteiger partial charge in [0.1, 0.15) is 16.9 Å². The second-order valence-corrected chi connectivity index (χ2v) is 10.2. The van der Waals surface area contributed by atoms with E-state index in [1.54, 1.807) is 36.0 Å². The lowest BCUT2D eigenvalue weighted by Crippen LogP contribution is -2.12. The molecule has 5 rings (SSSR count). The van der Waals surface area contributed by atoms with Gasteiger partial charge in [-0.25, -0.2) is 9.37 Å². The summed E-state index contributed by atoms with van der Waals surface area (Å²) in [5.41, 5.74) is 5.65. The fraction of sp³-hybridized carbons (Fsp3) is 0.172. The van der Waals surface area contributed by atoms with Crippen LogP contribution in [-0.2, 0) is 0 Å². The molecule has 7 nitrogen and oxygen atoms in total. The van der Waals surface area contributed by atoms with E-state index in [-0.39, 0.29) is 5.69 Å². The third kappa shape index (κ3) is 4.80. The number of aromatic amines is 2. The topological polar surface area (TPSA) is 95.2 Å². The van der Waals surface area contributed by atoms with Gasteiger partial charge in [-0.05, 0) is 42.9 Å². The minimum absolute atomic E-state index is 0.204. The second kappa shape index (κ2) is 10.5. The van der Waals surface area contributed by atoms with Gasteiger partial charge < -0.3 is 10.3 Å². The highest BCUT2D eigenvalue weighted by Crippen LogP contribution is 2.34. The predicted octanol–water partition coefficient (Wildman–Crippen LogP) is 7.39. The Balaban J connectivity index is 1.57. The summed E-state index contributed by atoms with van der Waals surface area (Å²) in [7, 11) is 0. The van der Waals surface area contributed by atoms with Crippen LogP contribution in [0.4, 0.5) is 4.39 Å². The molecular formula is C29H28FN7S. The zero-order valence-electron chi connectivity index (χ0n) is 21.5. The normalized spacial score (nSPS) is 12.6. The van der Waals surface area contributed by atoms with Crippen molar-refractivity contribution in [2.45, 2.75) is 27.2 Å². The smallest absolute Gasteiger partial charge is 0.161 e. The molecule has 0 aliphatic heterocycles. The van der Waals surface area contributed by atoms with Crippen molar-refractivity contribution in [2.24, 2.45) is 5.92 Å². The number of allylic oxidation sites excluding steroid dienone is 5. The second-order valence-electron chi connectivity index (χ2n) is 9.30. The summed E-state index contributed by atoms with van der Waals surface area (Å²) in [6, 6.07) is 4.01. The van der Waals surface area contributed by atoms with Crippen molar-refractivity contribution in [2.75, 3.05) is 0 Å². The van der Waals surface area contributed by atoms with Crippen molar-refractivity contribution in [1.29, 1.82) is 0 Å². The SMILES string of the molecule is C=C/C(=C\C(=C/C)c1ncc2[nH]nc(-c3nc4c(-c5cccs5)cncc4[nH]3)c2c1F)NC(=C)CC(C)C. The van der Waals surface area contributed by atoms with Crippen molar-refractivity contribution >= 4 is 38.8 Å². The number of imidazole rings is 1. The van der Waals surface area contributed by atoms with Crippen molar-refractivity contribution < 1.29 is 4.39 Å². The largest absolute Gasteiger partial charge is 0.359 e. The number of pyridine rings is 2. The minimum Gasteiger partial charge on any atom is -0.359 e. The number of hydrogen-bond acceptors (Lipinski definition) is 6. The van der Waals surface area contributed by atoms with Gasteiger partial charge in [-0.1, -0.05) is 39.1 Å². The van der Waals surface area contributed by atoms with Gasteiger partial charge in [-0.2, -0.15) is 5.10 Å². The quantitative estimate of drug-likeness (QED) is 0.174. The van der Waals surface area contributed by atoms with E-state index in [9.17, 15) is 0 Å². The molecule has 5 heterocycles. The summed E-state index contributed by atoms with van der Waals surface area (Å²) in [5, 5.41) is 12.9. The minimum atomic E-state index is -0.489. The van der Waals surface area contributed by atoms with E-state index in [0.29, 0.717) is 39.6 Å². The Bertz CT molecular complexity index is 1700. The highest BCUT2D eigenvalue weighted by Gasteiger charge is 2.21. The zero-order valence-corrected chi connectivity index (χ0v) is 22.3. The number of nitrogens with zero attached hydrogens (tertiary/aromatic N) is 4. The van der Waals surface area contributed by atoms with E-state index in [4.69, 9.17) is 4.98 Å². The van der Waals surface area contributed by atoms with Crippen LogP contribution in [0.25, 0.3) is 49.5 Å². The van der Waals surface area contributed by atoms with Gasteiger partial charge in [0, 0.05) is 33.6 Å². The van der Waals surface area contributed by atoms with Crippen LogP contribution in [0.15, 0.2) is 78.9 Å². The summed E-state index contributed by atoms with van der Waals surface area (Å²) in [6.45, 7) is 14.1. The van der Waals surface area contributed by atoms with E-state index < -0.39 is 5.82 Å². The molecule has 192 valence electrons. The molecule has 0 amide bonds. The molecule has 0 aliphatic carbocycles. The van der Waals surface area contributed by atoms with Gasteiger partial charge in [0.25, 0.3) is 0 Å². The number of halogens is 1. The highest BCUT2D eigenvalue weighted by atomic mass is 32.1. The molecule has 5 aromatic heterocycles. The molecular weight excluding hydrogens is 497 g/mol. The highest BCUT2D eigenvalue weighted by molar-refractivity contribution is 7.13. The number of thiophene rings is 1. The van der Waals surface area contributed by atoms with Gasteiger partial charge >= 0.3 is 0 Å². The Morgan fingerprint density at radius 1 is 1.24 bits per heavy atom. The van der Waals surface area contributed by atoms with Gasteiger partial charge in [0.2, 0.25) is 0 Å². The van der Waals surface area contributed by atoms with Gasteiger partial charge in [-0.15, -0.1) is 11.3 Å². The Kier molecular flexibility index (Phi) is 7.02. The number of H-pyrrole nitrogens is 2. The van der Waals surface area contributed by atoms with Crippen molar-refractivity contribution in [3.63, 3.8) is 0 Å². The molecule has 0 aromatic carbocycles. The number of nitrogens with one attached hydrogen (secondary N) is 3. The average Bonchev–Trinajstić information content (AvgIpc) is 3.65. The maximum absolute atomic E-state index is 16.1. The van der Waals surface area contributed by atoms with Crippen LogP contribution in [0, 0.1) is 11.7 Å². The maximum atomic E-state index is 16.1. The molecule has 9 heteroatoms. The molecule has 0 radical (unpaired) electrons. The third-order valence-corrected chi connectivity index (χ3v) is 6.94. The maximum Gasteiger partial charge on any atom is 0.161 e. The Morgan fingerprint density at radius 3 is 2.79 bits per heavy atom. The molecule has 0 saturated heterocycles. The van der Waals surface area contributed by atoms with E-state index >= 15 is 4.39 Å². The van der Waals surface area contributed by atoms with E-state index in [2.05, 4.69) is 57.5 Å². The zero-order chi connectivity index (χ0) is 26.8. The van der Waals surface area contributed by atoms with Crippen LogP contribution in [0.1, 0.15) is 32.9 Å². The van der Waals surface area contributed by atoms with Crippen LogP contribution in [0.5, 0.6) is 0 Å². The monoisotopic (exact) mass is 525 g/mol. The first kappa shape index (κ1) is 25.3. The summed E-state index contributed by atoms with van der Waals surface area (Å²) in [5.74, 6) is 0.417. The first-order valence-electron chi connectivity index (χ1n) is 12.3. The van der Waals surface area contributed by atoms with Crippen molar-refractivity contribution in [1.82, 2.24) is 35.5 Å². The van der Waals surface area contributed by atoms with E-state index in [1.165, 1.54) is 0 Å². The lowest BCUT2D eigenvalue weighted by Gasteiger charge is -2.13. The predicted molar refractivity (Wildman–Crippen MR) is 154 cm³/mol. The first-order chi connectivity index (χ1) is 18.4. The molecule has 0 bridgehead atoms. The molecule has 0 saturated carbocycles. The molecule has 0 atom stereocenters. The Morgan fingerprint density at radius 2 is 2.08 bits per heavy atom. The fourth-order valence-electron chi connectivity index (χ4n) is 4.36. The lowest BCUT2D eigenvalue weighted by molar-refractivity contribution is 0.622. The van der Waals surface area contributed by atoms with E-state index in [0.717, 1.165) is 33.6 Å². The van der Waals surface area contributed by atoms with Crippen LogP contribution in [0.2, 0.25) is 0 Å². The number of fused-ring (bicyclic) bond motifs is 2. The number of rotatable bonds is 9. The van der Waals surface area contributed by atoms with Crippen LogP contribution in [-0.4, -0.2) is 30.1 Å². The third-order valence-electron chi connectivity index (χ3n) is 6.04. The number of aromatic nitrogens is 6. The fourth-order valence-corrected chi connectivity index (χ4v) is 5.09. The molecule has 5 aromatic rings. The van der Waals surface area contributed by atoms with Crippen LogP contribution >= 0.6 is 11.3 Å². The molecule has 0 fully saturated rings.